The molecule has 2 nitrogen and oxygen atoms in total. The van der Waals surface area contributed by atoms with E-state index in [0.29, 0.717) is 6.61 Å². The Bertz CT molecular complexity index is 511. The van der Waals surface area contributed by atoms with Gasteiger partial charge in [-0.3, -0.25) is 0 Å². The highest BCUT2D eigenvalue weighted by molar-refractivity contribution is 9.10. The SMILES string of the molecule is OCCCCCOc1ccc2ccccc2c1Br. The van der Waals surface area contributed by atoms with Crippen LogP contribution in [0, 0.1) is 0 Å². The molecule has 2 aromatic rings. The quantitative estimate of drug-likeness (QED) is 0.813. The summed E-state index contributed by atoms with van der Waals surface area (Å²) < 4.78 is 6.78. The van der Waals surface area contributed by atoms with E-state index in [1.165, 1.54) is 10.8 Å². The van der Waals surface area contributed by atoms with Crippen molar-refractivity contribution in [2.24, 2.45) is 0 Å². The van der Waals surface area contributed by atoms with E-state index in [1.54, 1.807) is 0 Å². The predicted octanol–water partition coefficient (Wildman–Crippen LogP) is 4.14. The molecule has 0 radical (unpaired) electrons. The van der Waals surface area contributed by atoms with Gasteiger partial charge in [-0.15, -0.1) is 0 Å². The average Bonchev–Trinajstić information content (AvgIpc) is 2.41. The zero-order valence-corrected chi connectivity index (χ0v) is 11.8. The third kappa shape index (κ3) is 3.24. The Morgan fingerprint density at radius 1 is 1.00 bits per heavy atom. The monoisotopic (exact) mass is 308 g/mol. The second kappa shape index (κ2) is 6.76. The summed E-state index contributed by atoms with van der Waals surface area (Å²) in [6.45, 7) is 0.955. The predicted molar refractivity (Wildman–Crippen MR) is 78.1 cm³/mol. The lowest BCUT2D eigenvalue weighted by Gasteiger charge is -2.10. The molecule has 0 bridgehead atoms. The van der Waals surface area contributed by atoms with Crippen molar-refractivity contribution in [3.05, 3.63) is 40.9 Å². The second-order valence-electron chi connectivity index (χ2n) is 4.23. The minimum Gasteiger partial charge on any atom is -0.492 e. The first-order valence-corrected chi connectivity index (χ1v) is 7.03. The fourth-order valence-corrected chi connectivity index (χ4v) is 2.51. The normalized spacial score (nSPS) is 10.8. The number of benzene rings is 2. The van der Waals surface area contributed by atoms with Gasteiger partial charge in [-0.2, -0.15) is 0 Å². The summed E-state index contributed by atoms with van der Waals surface area (Å²) in [6, 6.07) is 12.3. The van der Waals surface area contributed by atoms with E-state index in [-0.39, 0.29) is 6.61 Å². The molecule has 0 atom stereocenters. The summed E-state index contributed by atoms with van der Waals surface area (Å²) in [6.07, 6.45) is 2.82. The zero-order chi connectivity index (χ0) is 12.8. The minimum absolute atomic E-state index is 0.264. The topological polar surface area (TPSA) is 29.5 Å². The molecule has 2 aromatic carbocycles. The van der Waals surface area contributed by atoms with Gasteiger partial charge in [0.05, 0.1) is 11.1 Å². The Hall–Kier alpha value is -1.06. The van der Waals surface area contributed by atoms with Crippen molar-refractivity contribution in [1.82, 2.24) is 0 Å². The van der Waals surface area contributed by atoms with Crippen LogP contribution in [0.25, 0.3) is 10.8 Å². The van der Waals surface area contributed by atoms with Crippen LogP contribution in [0.15, 0.2) is 40.9 Å². The van der Waals surface area contributed by atoms with Gasteiger partial charge in [-0.1, -0.05) is 30.3 Å². The molecule has 0 amide bonds. The van der Waals surface area contributed by atoms with Crippen LogP contribution in [0.4, 0.5) is 0 Å². The molecular weight excluding hydrogens is 292 g/mol. The molecule has 0 fully saturated rings. The van der Waals surface area contributed by atoms with Gasteiger partial charge in [0.25, 0.3) is 0 Å². The van der Waals surface area contributed by atoms with Crippen LogP contribution in [0.5, 0.6) is 5.75 Å². The Balaban J connectivity index is 2.03. The first kappa shape index (κ1) is 13.4. The molecule has 0 unspecified atom stereocenters. The Morgan fingerprint density at radius 2 is 1.83 bits per heavy atom. The highest BCUT2D eigenvalue weighted by Gasteiger charge is 2.05. The molecule has 0 aromatic heterocycles. The highest BCUT2D eigenvalue weighted by atomic mass is 79.9. The van der Waals surface area contributed by atoms with Gasteiger partial charge in [0, 0.05) is 6.61 Å². The molecule has 2 rings (SSSR count). The van der Waals surface area contributed by atoms with E-state index in [4.69, 9.17) is 9.84 Å². The molecule has 0 spiro atoms. The number of aliphatic hydroxyl groups is 1. The third-order valence-corrected chi connectivity index (χ3v) is 3.71. The van der Waals surface area contributed by atoms with Crippen molar-refractivity contribution in [2.75, 3.05) is 13.2 Å². The van der Waals surface area contributed by atoms with Crippen molar-refractivity contribution in [1.29, 1.82) is 0 Å². The maximum atomic E-state index is 8.70. The molecule has 18 heavy (non-hydrogen) atoms. The maximum Gasteiger partial charge on any atom is 0.134 e. The third-order valence-electron chi connectivity index (χ3n) is 2.89. The van der Waals surface area contributed by atoms with Crippen LogP contribution in [-0.4, -0.2) is 18.3 Å². The van der Waals surface area contributed by atoms with Crippen LogP contribution < -0.4 is 4.74 Å². The van der Waals surface area contributed by atoms with Crippen molar-refractivity contribution in [3.8, 4) is 5.75 Å². The number of aliphatic hydroxyl groups excluding tert-OH is 1. The summed E-state index contributed by atoms with van der Waals surface area (Å²) in [5, 5.41) is 11.1. The van der Waals surface area contributed by atoms with E-state index in [9.17, 15) is 0 Å². The molecular formula is C15H17BrO2. The summed E-state index contributed by atoms with van der Waals surface area (Å²) in [5.41, 5.74) is 0. The summed E-state index contributed by atoms with van der Waals surface area (Å²) in [4.78, 5) is 0. The standard InChI is InChI=1S/C15H17BrO2/c16-15-13-7-3-2-6-12(13)8-9-14(15)18-11-5-1-4-10-17/h2-3,6-9,17H,1,4-5,10-11H2. The lowest BCUT2D eigenvalue weighted by molar-refractivity contribution is 0.265. The Morgan fingerprint density at radius 3 is 2.67 bits per heavy atom. The number of fused-ring (bicyclic) bond motifs is 1. The molecule has 0 heterocycles. The van der Waals surface area contributed by atoms with Crippen LogP contribution in [-0.2, 0) is 0 Å². The van der Waals surface area contributed by atoms with Crippen LogP contribution in [0.3, 0.4) is 0 Å². The lowest BCUT2D eigenvalue weighted by atomic mass is 10.1. The number of rotatable bonds is 6. The Kier molecular flexibility index (Phi) is 5.02. The number of hydrogen-bond acceptors (Lipinski definition) is 2. The second-order valence-corrected chi connectivity index (χ2v) is 5.02. The van der Waals surface area contributed by atoms with Crippen LogP contribution in [0.2, 0.25) is 0 Å². The molecule has 1 N–H and O–H groups in total. The maximum absolute atomic E-state index is 8.70. The summed E-state index contributed by atoms with van der Waals surface area (Å²) in [7, 11) is 0. The van der Waals surface area contributed by atoms with E-state index in [2.05, 4.69) is 34.1 Å². The number of halogens is 1. The van der Waals surface area contributed by atoms with Gasteiger partial charge in [-0.25, -0.2) is 0 Å². The molecule has 0 saturated heterocycles. The number of ether oxygens (including phenoxy) is 1. The molecule has 0 aliphatic carbocycles. The Labute approximate surface area is 116 Å². The fraction of sp³-hybridized carbons (Fsp3) is 0.333. The lowest BCUT2D eigenvalue weighted by Crippen LogP contribution is -1.98. The first-order valence-electron chi connectivity index (χ1n) is 6.24. The van der Waals surface area contributed by atoms with E-state index in [0.717, 1.165) is 29.5 Å². The van der Waals surface area contributed by atoms with Gasteiger partial charge in [0.2, 0.25) is 0 Å². The van der Waals surface area contributed by atoms with Crippen LogP contribution >= 0.6 is 15.9 Å². The number of hydrogen-bond donors (Lipinski definition) is 1. The van der Waals surface area contributed by atoms with Crippen molar-refractivity contribution < 1.29 is 9.84 Å². The summed E-state index contributed by atoms with van der Waals surface area (Å²) in [5.74, 6) is 0.887. The van der Waals surface area contributed by atoms with Crippen molar-refractivity contribution in [2.45, 2.75) is 19.3 Å². The smallest absolute Gasteiger partial charge is 0.134 e. The molecule has 0 aliphatic rings. The largest absolute Gasteiger partial charge is 0.492 e. The van der Waals surface area contributed by atoms with E-state index in [1.807, 2.05) is 18.2 Å². The molecule has 0 aliphatic heterocycles. The van der Waals surface area contributed by atoms with E-state index >= 15 is 0 Å². The van der Waals surface area contributed by atoms with Gasteiger partial charge in [-0.05, 0) is 52.0 Å². The molecule has 0 saturated carbocycles. The van der Waals surface area contributed by atoms with Gasteiger partial charge in [0.15, 0.2) is 0 Å². The van der Waals surface area contributed by atoms with Crippen LogP contribution in [0.1, 0.15) is 19.3 Å². The fourth-order valence-electron chi connectivity index (χ4n) is 1.90. The van der Waals surface area contributed by atoms with Crippen molar-refractivity contribution in [3.63, 3.8) is 0 Å². The van der Waals surface area contributed by atoms with Crippen molar-refractivity contribution >= 4 is 26.7 Å². The van der Waals surface area contributed by atoms with E-state index < -0.39 is 0 Å². The summed E-state index contributed by atoms with van der Waals surface area (Å²) >= 11 is 3.60. The zero-order valence-electron chi connectivity index (χ0n) is 10.2. The molecule has 96 valence electrons. The van der Waals surface area contributed by atoms with Gasteiger partial charge >= 0.3 is 0 Å². The average molecular weight is 309 g/mol. The molecule has 3 heteroatoms. The minimum atomic E-state index is 0.264. The number of unbranched alkanes of at least 4 members (excludes halogenated alkanes) is 2. The first-order chi connectivity index (χ1) is 8.83. The highest BCUT2D eigenvalue weighted by Crippen LogP contribution is 2.33. The van der Waals surface area contributed by atoms with Gasteiger partial charge < -0.3 is 9.84 Å². The van der Waals surface area contributed by atoms with Gasteiger partial charge in [0.1, 0.15) is 5.75 Å².